The molecule has 2 aliphatic heterocycles. The van der Waals surface area contributed by atoms with Crippen LogP contribution in [0.2, 0.25) is 0 Å². The molecule has 0 bridgehead atoms. The number of halogens is 1. The molecule has 3 rings (SSSR count). The van der Waals surface area contributed by atoms with Crippen LogP contribution in [0.3, 0.4) is 0 Å². The van der Waals surface area contributed by atoms with Crippen LogP contribution in [0.15, 0.2) is 12.1 Å². The number of benzene rings is 1. The highest BCUT2D eigenvalue weighted by molar-refractivity contribution is 5.85. The van der Waals surface area contributed by atoms with Crippen LogP contribution in [0.25, 0.3) is 0 Å². The van der Waals surface area contributed by atoms with Crippen molar-refractivity contribution >= 4 is 18.1 Å². The summed E-state index contributed by atoms with van der Waals surface area (Å²) in [5.41, 5.74) is 5.72. The summed E-state index contributed by atoms with van der Waals surface area (Å²) in [4.78, 5) is 2.44. The molecule has 2 heterocycles. The Morgan fingerprint density at radius 2 is 1.76 bits per heavy atom. The second-order valence-electron chi connectivity index (χ2n) is 4.61. The van der Waals surface area contributed by atoms with Crippen molar-refractivity contribution in [3.05, 3.63) is 28.8 Å². The lowest BCUT2D eigenvalue weighted by atomic mass is 10.0. The van der Waals surface area contributed by atoms with Gasteiger partial charge in [-0.1, -0.05) is 6.07 Å². The molecule has 1 saturated heterocycles. The molecule has 1 N–H and O–H groups in total. The molecule has 3 nitrogen and oxygen atoms in total. The molecule has 17 heavy (non-hydrogen) atoms. The van der Waals surface area contributed by atoms with E-state index in [1.54, 1.807) is 0 Å². The third kappa shape index (κ3) is 2.41. The first-order valence-corrected chi connectivity index (χ1v) is 6.00. The van der Waals surface area contributed by atoms with Crippen molar-refractivity contribution in [2.24, 2.45) is 0 Å². The number of fused-ring (bicyclic) bond motifs is 1. The molecule has 0 aromatic heterocycles. The highest BCUT2D eigenvalue weighted by Crippen LogP contribution is 2.27. The van der Waals surface area contributed by atoms with E-state index in [9.17, 15) is 0 Å². The molecular weight excluding hydrogens is 236 g/mol. The molecule has 94 valence electrons. The summed E-state index contributed by atoms with van der Waals surface area (Å²) < 4.78 is 5.40. The lowest BCUT2D eigenvalue weighted by Crippen LogP contribution is -2.36. The van der Waals surface area contributed by atoms with E-state index in [4.69, 9.17) is 4.74 Å². The highest BCUT2D eigenvalue weighted by atomic mass is 35.5. The van der Waals surface area contributed by atoms with Gasteiger partial charge in [0.05, 0.1) is 13.2 Å². The van der Waals surface area contributed by atoms with Gasteiger partial charge in [-0.25, -0.2) is 0 Å². The first-order valence-electron chi connectivity index (χ1n) is 6.00. The van der Waals surface area contributed by atoms with Crippen LogP contribution in [0.1, 0.15) is 16.7 Å². The minimum absolute atomic E-state index is 0. The van der Waals surface area contributed by atoms with Gasteiger partial charge in [-0.3, -0.25) is 0 Å². The van der Waals surface area contributed by atoms with Crippen LogP contribution in [0.5, 0.6) is 0 Å². The fraction of sp³-hybridized carbons (Fsp3) is 0.538. The van der Waals surface area contributed by atoms with Crippen molar-refractivity contribution in [2.45, 2.75) is 20.0 Å². The number of rotatable bonds is 1. The minimum Gasteiger partial charge on any atom is -0.378 e. The summed E-state index contributed by atoms with van der Waals surface area (Å²) in [7, 11) is 0. The molecule has 4 heteroatoms. The van der Waals surface area contributed by atoms with E-state index in [2.05, 4.69) is 29.3 Å². The average Bonchev–Trinajstić information content (AvgIpc) is 2.76. The number of nitrogens with zero attached hydrogens (tertiary/aromatic N) is 1. The zero-order valence-corrected chi connectivity index (χ0v) is 11.0. The van der Waals surface area contributed by atoms with Crippen LogP contribution in [0, 0.1) is 6.92 Å². The van der Waals surface area contributed by atoms with E-state index in [1.807, 2.05) is 0 Å². The van der Waals surface area contributed by atoms with Gasteiger partial charge in [0.25, 0.3) is 0 Å². The quantitative estimate of drug-likeness (QED) is 0.828. The van der Waals surface area contributed by atoms with Crippen LogP contribution in [-0.2, 0) is 17.8 Å². The SMILES string of the molecule is Cc1cc2c(cc1N1CCOCC1)CNC2.Cl. The molecule has 0 spiro atoms. The van der Waals surface area contributed by atoms with Crippen LogP contribution in [-0.4, -0.2) is 26.3 Å². The minimum atomic E-state index is 0. The second-order valence-corrected chi connectivity index (χ2v) is 4.61. The summed E-state index contributed by atoms with van der Waals surface area (Å²) in [5.74, 6) is 0. The maximum atomic E-state index is 5.40. The summed E-state index contributed by atoms with van der Waals surface area (Å²) in [5, 5.41) is 3.40. The predicted molar refractivity (Wildman–Crippen MR) is 72.0 cm³/mol. The smallest absolute Gasteiger partial charge is 0.0642 e. The van der Waals surface area contributed by atoms with Crippen LogP contribution < -0.4 is 10.2 Å². The van der Waals surface area contributed by atoms with E-state index in [-0.39, 0.29) is 12.4 Å². The van der Waals surface area contributed by atoms with Crippen molar-refractivity contribution < 1.29 is 4.74 Å². The number of nitrogens with one attached hydrogen (secondary N) is 1. The Kier molecular flexibility index (Phi) is 3.92. The monoisotopic (exact) mass is 254 g/mol. The molecule has 0 aliphatic carbocycles. The maximum Gasteiger partial charge on any atom is 0.0642 e. The first kappa shape index (κ1) is 12.7. The standard InChI is InChI=1S/C13H18N2O.ClH/c1-10-6-11-8-14-9-12(11)7-13(10)15-2-4-16-5-3-15;/h6-7,14H,2-5,8-9H2,1H3;1H. The average molecular weight is 255 g/mol. The number of ether oxygens (including phenoxy) is 1. The summed E-state index contributed by atoms with van der Waals surface area (Å²) in [6, 6.07) is 4.69. The van der Waals surface area contributed by atoms with Gasteiger partial charge < -0.3 is 15.0 Å². The number of hydrogen-bond donors (Lipinski definition) is 1. The van der Waals surface area contributed by atoms with Crippen molar-refractivity contribution in [3.63, 3.8) is 0 Å². The molecule has 0 unspecified atom stereocenters. The van der Waals surface area contributed by atoms with Gasteiger partial charge in [0.15, 0.2) is 0 Å². The number of anilines is 1. The van der Waals surface area contributed by atoms with Crippen molar-refractivity contribution in [1.82, 2.24) is 5.32 Å². The molecular formula is C13H19ClN2O. The van der Waals surface area contributed by atoms with E-state index in [1.165, 1.54) is 22.4 Å². The van der Waals surface area contributed by atoms with Crippen LogP contribution in [0.4, 0.5) is 5.69 Å². The van der Waals surface area contributed by atoms with E-state index in [0.717, 1.165) is 39.4 Å². The number of morpholine rings is 1. The third-order valence-corrected chi connectivity index (χ3v) is 3.50. The van der Waals surface area contributed by atoms with E-state index in [0.29, 0.717) is 0 Å². The Morgan fingerprint density at radius 1 is 1.12 bits per heavy atom. The lowest BCUT2D eigenvalue weighted by molar-refractivity contribution is 0.122. The Morgan fingerprint density at radius 3 is 2.47 bits per heavy atom. The van der Waals surface area contributed by atoms with E-state index >= 15 is 0 Å². The maximum absolute atomic E-state index is 5.40. The number of hydrogen-bond acceptors (Lipinski definition) is 3. The predicted octanol–water partition coefficient (Wildman–Crippen LogP) is 1.86. The Labute approximate surface area is 109 Å². The topological polar surface area (TPSA) is 24.5 Å². The summed E-state index contributed by atoms with van der Waals surface area (Å²) in [6.07, 6.45) is 0. The van der Waals surface area contributed by atoms with Crippen LogP contribution >= 0.6 is 12.4 Å². The normalized spacial score (nSPS) is 18.8. The Hall–Kier alpha value is -0.770. The van der Waals surface area contributed by atoms with Crippen molar-refractivity contribution in [2.75, 3.05) is 31.2 Å². The first-order chi connectivity index (χ1) is 7.84. The van der Waals surface area contributed by atoms with Gasteiger partial charge in [-0.15, -0.1) is 12.4 Å². The number of aryl methyl sites for hydroxylation is 1. The Balaban J connectivity index is 0.00000108. The van der Waals surface area contributed by atoms with Gasteiger partial charge in [0.1, 0.15) is 0 Å². The van der Waals surface area contributed by atoms with Gasteiger partial charge in [-0.05, 0) is 29.7 Å². The molecule has 0 saturated carbocycles. The second kappa shape index (κ2) is 5.25. The van der Waals surface area contributed by atoms with E-state index < -0.39 is 0 Å². The molecule has 1 fully saturated rings. The zero-order valence-electron chi connectivity index (χ0n) is 10.2. The molecule has 1 aromatic carbocycles. The van der Waals surface area contributed by atoms with Crippen molar-refractivity contribution in [3.8, 4) is 0 Å². The Bertz CT molecular complexity index is 403. The summed E-state index contributed by atoms with van der Waals surface area (Å²) in [6.45, 7) is 8.01. The molecule has 1 aromatic rings. The summed E-state index contributed by atoms with van der Waals surface area (Å²) >= 11 is 0. The molecule has 0 amide bonds. The van der Waals surface area contributed by atoms with Gasteiger partial charge in [0, 0.05) is 31.9 Å². The fourth-order valence-electron chi connectivity index (χ4n) is 2.61. The largest absolute Gasteiger partial charge is 0.378 e. The molecule has 2 aliphatic rings. The van der Waals surface area contributed by atoms with Gasteiger partial charge in [-0.2, -0.15) is 0 Å². The fourth-order valence-corrected chi connectivity index (χ4v) is 2.61. The lowest BCUT2D eigenvalue weighted by Gasteiger charge is -2.30. The zero-order chi connectivity index (χ0) is 11.0. The van der Waals surface area contributed by atoms with Crippen molar-refractivity contribution in [1.29, 1.82) is 0 Å². The molecule has 0 radical (unpaired) electrons. The third-order valence-electron chi connectivity index (χ3n) is 3.50. The van der Waals surface area contributed by atoms with Gasteiger partial charge in [0.2, 0.25) is 0 Å². The highest BCUT2D eigenvalue weighted by Gasteiger charge is 2.17. The van der Waals surface area contributed by atoms with Gasteiger partial charge >= 0.3 is 0 Å². The molecule has 0 atom stereocenters.